The van der Waals surface area contributed by atoms with Gasteiger partial charge in [0, 0.05) is 18.4 Å². The summed E-state index contributed by atoms with van der Waals surface area (Å²) >= 11 is 0. The number of carbonyl (C=O) groups excluding carboxylic acids is 1. The molecule has 3 rings (SSSR count). The van der Waals surface area contributed by atoms with Crippen LogP contribution in [0.3, 0.4) is 0 Å². The van der Waals surface area contributed by atoms with Crippen LogP contribution in [0.1, 0.15) is 34.3 Å². The van der Waals surface area contributed by atoms with E-state index in [1.807, 2.05) is 24.3 Å². The van der Waals surface area contributed by atoms with Crippen molar-refractivity contribution in [3.63, 3.8) is 0 Å². The average Bonchev–Trinajstić information content (AvgIpc) is 3.43. The Hall–Kier alpha value is -2.86. The monoisotopic (exact) mass is 355 g/mol. The number of carboxylic acids is 1. The molecule has 2 aromatic carbocycles. The molecule has 0 bridgehead atoms. The molecule has 0 heterocycles. The zero-order chi connectivity index (χ0) is 18.7. The summed E-state index contributed by atoms with van der Waals surface area (Å²) in [5.41, 5.74) is 1.46. The van der Waals surface area contributed by atoms with Gasteiger partial charge >= 0.3 is 5.97 Å². The quantitative estimate of drug-likeness (QED) is 0.797. The molecule has 0 atom stereocenters. The number of hydrogen-bond donors (Lipinski definition) is 2. The van der Waals surface area contributed by atoms with Crippen LogP contribution in [-0.4, -0.2) is 31.2 Å². The molecule has 0 radical (unpaired) electrons. The molecule has 2 N–H and O–H groups in total. The minimum atomic E-state index is -1.05. The maximum Gasteiger partial charge on any atom is 0.335 e. The van der Waals surface area contributed by atoms with E-state index in [2.05, 4.69) is 5.32 Å². The molecule has 1 saturated carbocycles. The van der Waals surface area contributed by atoms with E-state index in [0.717, 1.165) is 18.4 Å². The highest BCUT2D eigenvalue weighted by atomic mass is 16.5. The van der Waals surface area contributed by atoms with Crippen molar-refractivity contribution in [3.8, 4) is 5.75 Å². The van der Waals surface area contributed by atoms with E-state index in [0.29, 0.717) is 17.0 Å². The first-order chi connectivity index (χ1) is 12.5. The summed E-state index contributed by atoms with van der Waals surface area (Å²) in [6.45, 7) is 0.266. The number of benzene rings is 2. The summed E-state index contributed by atoms with van der Waals surface area (Å²) in [6, 6.07) is 12.2. The summed E-state index contributed by atoms with van der Waals surface area (Å²) in [6.07, 6.45) is 1.45. The largest absolute Gasteiger partial charge is 0.496 e. The topological polar surface area (TPSA) is 84.9 Å². The highest BCUT2D eigenvalue weighted by molar-refractivity contribution is 6.02. The first-order valence-corrected chi connectivity index (χ1v) is 8.31. The fraction of sp³-hybridized carbons (Fsp3) is 0.300. The van der Waals surface area contributed by atoms with Crippen LogP contribution in [0.15, 0.2) is 42.5 Å². The molecule has 0 aliphatic heterocycles. The number of ether oxygens (including phenoxy) is 2. The Labute approximate surface area is 151 Å². The van der Waals surface area contributed by atoms with Gasteiger partial charge in [-0.3, -0.25) is 4.79 Å². The molecule has 6 heteroatoms. The van der Waals surface area contributed by atoms with Gasteiger partial charge in [0.25, 0.3) is 0 Å². The van der Waals surface area contributed by atoms with Crippen molar-refractivity contribution in [2.45, 2.75) is 24.9 Å². The minimum Gasteiger partial charge on any atom is -0.496 e. The summed E-state index contributed by atoms with van der Waals surface area (Å²) in [4.78, 5) is 24.3. The van der Waals surface area contributed by atoms with Gasteiger partial charge in [-0.15, -0.1) is 0 Å². The Morgan fingerprint density at radius 1 is 1.15 bits per heavy atom. The number of hydrogen-bond acceptors (Lipinski definition) is 4. The second-order valence-corrected chi connectivity index (χ2v) is 6.39. The zero-order valence-corrected chi connectivity index (χ0v) is 14.7. The van der Waals surface area contributed by atoms with E-state index in [9.17, 15) is 14.7 Å². The van der Waals surface area contributed by atoms with E-state index < -0.39 is 11.4 Å². The number of nitrogens with one attached hydrogen (secondary N) is 1. The maximum absolute atomic E-state index is 13.0. The van der Waals surface area contributed by atoms with Crippen LogP contribution in [0.5, 0.6) is 5.75 Å². The molecule has 0 unspecified atom stereocenters. The van der Waals surface area contributed by atoms with Gasteiger partial charge in [0.15, 0.2) is 0 Å². The van der Waals surface area contributed by atoms with Crippen molar-refractivity contribution < 1.29 is 24.2 Å². The van der Waals surface area contributed by atoms with Gasteiger partial charge in [-0.2, -0.15) is 0 Å². The number of para-hydroxylation sites is 1. The Balaban J connectivity index is 1.89. The summed E-state index contributed by atoms with van der Waals surface area (Å²) in [7, 11) is 3.12. The number of amides is 1. The number of rotatable bonds is 7. The van der Waals surface area contributed by atoms with E-state index >= 15 is 0 Å². The van der Waals surface area contributed by atoms with E-state index in [4.69, 9.17) is 9.47 Å². The minimum absolute atomic E-state index is 0.108. The Bertz CT molecular complexity index is 842. The first-order valence-electron chi connectivity index (χ1n) is 8.31. The lowest BCUT2D eigenvalue weighted by molar-refractivity contribution is -0.118. The molecule has 6 nitrogen and oxygen atoms in total. The summed E-state index contributed by atoms with van der Waals surface area (Å²) < 4.78 is 10.5. The van der Waals surface area contributed by atoms with Gasteiger partial charge in [0.2, 0.25) is 5.91 Å². The van der Waals surface area contributed by atoms with Crippen LogP contribution in [-0.2, 0) is 21.6 Å². The second-order valence-electron chi connectivity index (χ2n) is 6.39. The number of carboxylic acid groups (broad SMARTS) is 1. The van der Waals surface area contributed by atoms with E-state index in [-0.39, 0.29) is 18.1 Å². The second kappa shape index (κ2) is 7.17. The maximum atomic E-state index is 13.0. The van der Waals surface area contributed by atoms with Gasteiger partial charge in [-0.05, 0) is 42.7 Å². The molecule has 1 amide bonds. The summed E-state index contributed by atoms with van der Waals surface area (Å²) in [5.74, 6) is -0.531. The first kappa shape index (κ1) is 17.9. The van der Waals surface area contributed by atoms with Crippen molar-refractivity contribution in [1.29, 1.82) is 0 Å². The lowest BCUT2D eigenvalue weighted by Gasteiger charge is -2.19. The van der Waals surface area contributed by atoms with Crippen LogP contribution in [0.4, 0.5) is 5.69 Å². The summed E-state index contributed by atoms with van der Waals surface area (Å²) in [5, 5.41) is 12.2. The third-order valence-electron chi connectivity index (χ3n) is 4.62. The van der Waals surface area contributed by atoms with Crippen molar-refractivity contribution in [2.24, 2.45) is 0 Å². The molecule has 0 saturated heterocycles. The average molecular weight is 355 g/mol. The molecule has 1 aliphatic rings. The SMILES string of the molecule is COCc1cc(NC(=O)C2(c3ccccc3OC)CC2)cc(C(=O)O)c1. The number of methoxy groups -OCH3 is 2. The Kier molecular flexibility index (Phi) is 4.95. The lowest BCUT2D eigenvalue weighted by atomic mass is 9.93. The third-order valence-corrected chi connectivity index (χ3v) is 4.62. The molecule has 1 aliphatic carbocycles. The highest BCUT2D eigenvalue weighted by Gasteiger charge is 2.52. The fourth-order valence-electron chi connectivity index (χ4n) is 3.17. The molecule has 2 aromatic rings. The van der Waals surface area contributed by atoms with E-state index in [1.54, 1.807) is 13.2 Å². The van der Waals surface area contributed by atoms with Gasteiger partial charge in [0.05, 0.1) is 24.7 Å². The van der Waals surface area contributed by atoms with Gasteiger partial charge in [0.1, 0.15) is 5.75 Å². The zero-order valence-electron chi connectivity index (χ0n) is 14.7. The van der Waals surface area contributed by atoms with Crippen LogP contribution in [0.25, 0.3) is 0 Å². The smallest absolute Gasteiger partial charge is 0.335 e. The lowest BCUT2D eigenvalue weighted by Crippen LogP contribution is -2.28. The Morgan fingerprint density at radius 3 is 2.50 bits per heavy atom. The van der Waals surface area contributed by atoms with Crippen molar-refractivity contribution in [1.82, 2.24) is 0 Å². The van der Waals surface area contributed by atoms with Crippen LogP contribution < -0.4 is 10.1 Å². The van der Waals surface area contributed by atoms with Gasteiger partial charge < -0.3 is 19.9 Å². The number of aromatic carboxylic acids is 1. The predicted octanol–water partition coefficient (Wildman–Crippen LogP) is 3.21. The van der Waals surface area contributed by atoms with Crippen molar-refractivity contribution in [2.75, 3.05) is 19.5 Å². The normalized spacial score (nSPS) is 14.5. The van der Waals surface area contributed by atoms with Crippen LogP contribution in [0, 0.1) is 0 Å². The Morgan fingerprint density at radius 2 is 1.88 bits per heavy atom. The molecule has 136 valence electrons. The third kappa shape index (κ3) is 3.41. The standard InChI is InChI=1S/C20H21NO5/c1-25-12-13-9-14(18(22)23)11-15(10-13)21-19(24)20(7-8-20)16-5-3-4-6-17(16)26-2/h3-6,9-11H,7-8,12H2,1-2H3,(H,21,24)(H,22,23). The molecular weight excluding hydrogens is 334 g/mol. The predicted molar refractivity (Wildman–Crippen MR) is 96.7 cm³/mol. The van der Waals surface area contributed by atoms with Gasteiger partial charge in [-0.1, -0.05) is 18.2 Å². The van der Waals surface area contributed by atoms with Crippen molar-refractivity contribution in [3.05, 3.63) is 59.2 Å². The van der Waals surface area contributed by atoms with Crippen molar-refractivity contribution >= 4 is 17.6 Å². The molecule has 0 spiro atoms. The fourth-order valence-corrected chi connectivity index (χ4v) is 3.17. The number of anilines is 1. The van der Waals surface area contributed by atoms with Crippen LogP contribution in [0.2, 0.25) is 0 Å². The molecular formula is C20H21NO5. The van der Waals surface area contributed by atoms with Crippen LogP contribution >= 0.6 is 0 Å². The van der Waals surface area contributed by atoms with E-state index in [1.165, 1.54) is 19.2 Å². The molecule has 0 aromatic heterocycles. The molecule has 26 heavy (non-hydrogen) atoms. The number of carbonyl (C=O) groups is 2. The van der Waals surface area contributed by atoms with Gasteiger partial charge in [-0.25, -0.2) is 4.79 Å². The highest BCUT2D eigenvalue weighted by Crippen LogP contribution is 2.52. The molecule has 1 fully saturated rings.